The van der Waals surface area contributed by atoms with Gasteiger partial charge >= 0.3 is 0 Å². The molecule has 2 aromatic rings. The first-order chi connectivity index (χ1) is 13.0. The molecule has 1 heterocycles. The van der Waals surface area contributed by atoms with E-state index in [9.17, 15) is 14.4 Å². The van der Waals surface area contributed by atoms with Gasteiger partial charge in [0.05, 0.1) is 0 Å². The maximum absolute atomic E-state index is 12.4. The van der Waals surface area contributed by atoms with Crippen LogP contribution >= 0.6 is 15.9 Å². The van der Waals surface area contributed by atoms with E-state index in [0.29, 0.717) is 37.3 Å². The van der Waals surface area contributed by atoms with Crippen LogP contribution in [0.4, 0.5) is 0 Å². The van der Waals surface area contributed by atoms with Gasteiger partial charge in [0, 0.05) is 54.6 Å². The second kappa shape index (κ2) is 8.95. The number of carbonyl (C=O) groups excluding carboxylic acids is 3. The number of rotatable bonds is 5. The molecule has 2 aromatic carbocycles. The van der Waals surface area contributed by atoms with Gasteiger partial charge in [-0.15, -0.1) is 0 Å². The van der Waals surface area contributed by atoms with Gasteiger partial charge in [-0.1, -0.05) is 46.3 Å². The highest BCUT2D eigenvalue weighted by Crippen LogP contribution is 2.14. The summed E-state index contributed by atoms with van der Waals surface area (Å²) in [5, 5.41) is 0. The third-order valence-electron chi connectivity index (χ3n) is 4.67. The molecule has 140 valence electrons. The van der Waals surface area contributed by atoms with Crippen molar-refractivity contribution < 1.29 is 14.4 Å². The Morgan fingerprint density at radius 1 is 0.741 bits per heavy atom. The summed E-state index contributed by atoms with van der Waals surface area (Å²) < 4.78 is 0.915. The van der Waals surface area contributed by atoms with Crippen LogP contribution in [0.2, 0.25) is 0 Å². The van der Waals surface area contributed by atoms with Crippen molar-refractivity contribution in [3.63, 3.8) is 0 Å². The largest absolute Gasteiger partial charge is 0.339 e. The highest BCUT2D eigenvalue weighted by Gasteiger charge is 2.25. The van der Waals surface area contributed by atoms with Gasteiger partial charge in [-0.25, -0.2) is 0 Å². The molecule has 0 saturated carbocycles. The van der Waals surface area contributed by atoms with Gasteiger partial charge in [-0.3, -0.25) is 14.4 Å². The number of halogens is 1. The fourth-order valence-corrected chi connectivity index (χ4v) is 3.35. The summed E-state index contributed by atoms with van der Waals surface area (Å²) in [7, 11) is 0. The topological polar surface area (TPSA) is 57.7 Å². The number of Topliss-reactive ketones (excluding diaryl/α,β-unsaturated/α-hetero) is 1. The van der Waals surface area contributed by atoms with Crippen molar-refractivity contribution in [1.82, 2.24) is 9.80 Å². The van der Waals surface area contributed by atoms with Crippen LogP contribution in [0, 0.1) is 0 Å². The molecular formula is C21H21BrN2O3. The maximum Gasteiger partial charge on any atom is 0.253 e. The first-order valence-corrected chi connectivity index (χ1v) is 9.75. The third kappa shape index (κ3) is 5.04. The third-order valence-corrected chi connectivity index (χ3v) is 5.20. The van der Waals surface area contributed by atoms with Gasteiger partial charge < -0.3 is 9.80 Å². The zero-order valence-electron chi connectivity index (χ0n) is 14.9. The highest BCUT2D eigenvalue weighted by molar-refractivity contribution is 9.10. The molecule has 6 heteroatoms. The quantitative estimate of drug-likeness (QED) is 0.685. The molecule has 0 spiro atoms. The maximum atomic E-state index is 12.4. The van der Waals surface area contributed by atoms with E-state index in [1.165, 1.54) is 0 Å². The van der Waals surface area contributed by atoms with Gasteiger partial charge in [0.15, 0.2) is 5.78 Å². The normalized spacial score (nSPS) is 14.1. The average molecular weight is 429 g/mol. The van der Waals surface area contributed by atoms with Gasteiger partial charge in [0.1, 0.15) is 0 Å². The summed E-state index contributed by atoms with van der Waals surface area (Å²) in [4.78, 5) is 40.6. The number of amides is 2. The minimum Gasteiger partial charge on any atom is -0.339 e. The van der Waals surface area contributed by atoms with Gasteiger partial charge in [0.25, 0.3) is 5.91 Å². The molecule has 3 rings (SSSR count). The number of benzene rings is 2. The van der Waals surface area contributed by atoms with Crippen molar-refractivity contribution in [2.24, 2.45) is 0 Å². The van der Waals surface area contributed by atoms with E-state index in [1.54, 1.807) is 34.1 Å². The molecule has 1 aliphatic heterocycles. The van der Waals surface area contributed by atoms with Crippen molar-refractivity contribution >= 4 is 33.5 Å². The lowest BCUT2D eigenvalue weighted by Crippen LogP contribution is -2.50. The Kier molecular flexibility index (Phi) is 6.40. The molecule has 5 nitrogen and oxygen atoms in total. The SMILES string of the molecule is O=C(CCC(=O)N1CCN(C(=O)c2ccccc2)CC1)c1ccc(Br)cc1. The van der Waals surface area contributed by atoms with E-state index >= 15 is 0 Å². The van der Waals surface area contributed by atoms with Crippen LogP contribution < -0.4 is 0 Å². The van der Waals surface area contributed by atoms with Crippen molar-refractivity contribution in [2.45, 2.75) is 12.8 Å². The van der Waals surface area contributed by atoms with Crippen LogP contribution in [0.5, 0.6) is 0 Å². The molecule has 0 unspecified atom stereocenters. The summed E-state index contributed by atoms with van der Waals surface area (Å²) in [5.41, 5.74) is 1.28. The molecule has 0 aromatic heterocycles. The number of hydrogen-bond acceptors (Lipinski definition) is 3. The fourth-order valence-electron chi connectivity index (χ4n) is 3.08. The second-order valence-electron chi connectivity index (χ2n) is 6.47. The first-order valence-electron chi connectivity index (χ1n) is 8.95. The monoisotopic (exact) mass is 428 g/mol. The lowest BCUT2D eigenvalue weighted by Gasteiger charge is -2.34. The van der Waals surface area contributed by atoms with E-state index in [0.717, 1.165) is 4.47 Å². The predicted molar refractivity (Wildman–Crippen MR) is 107 cm³/mol. The Morgan fingerprint density at radius 3 is 1.96 bits per heavy atom. The molecule has 0 radical (unpaired) electrons. The molecule has 0 bridgehead atoms. The molecular weight excluding hydrogens is 408 g/mol. The number of nitrogens with zero attached hydrogens (tertiary/aromatic N) is 2. The smallest absolute Gasteiger partial charge is 0.253 e. The lowest BCUT2D eigenvalue weighted by molar-refractivity contribution is -0.132. The van der Waals surface area contributed by atoms with E-state index in [-0.39, 0.29) is 30.4 Å². The van der Waals surface area contributed by atoms with E-state index < -0.39 is 0 Å². The minimum absolute atomic E-state index is 0.00637. The second-order valence-corrected chi connectivity index (χ2v) is 7.38. The fraction of sp³-hybridized carbons (Fsp3) is 0.286. The Bertz CT molecular complexity index is 813. The molecule has 1 saturated heterocycles. The van der Waals surface area contributed by atoms with Crippen LogP contribution in [0.15, 0.2) is 59.1 Å². The predicted octanol–water partition coefficient (Wildman–Crippen LogP) is 3.40. The molecule has 0 atom stereocenters. The van der Waals surface area contributed by atoms with Crippen LogP contribution in [-0.4, -0.2) is 53.6 Å². The first kappa shape index (κ1) is 19.3. The zero-order valence-corrected chi connectivity index (χ0v) is 16.5. The van der Waals surface area contributed by atoms with E-state index in [4.69, 9.17) is 0 Å². The molecule has 2 amide bonds. The van der Waals surface area contributed by atoms with Gasteiger partial charge in [-0.2, -0.15) is 0 Å². The van der Waals surface area contributed by atoms with Gasteiger partial charge in [0.2, 0.25) is 5.91 Å². The van der Waals surface area contributed by atoms with Crippen LogP contribution in [0.3, 0.4) is 0 Å². The Hall–Kier alpha value is -2.47. The van der Waals surface area contributed by atoms with E-state index in [2.05, 4.69) is 15.9 Å². The van der Waals surface area contributed by atoms with Crippen molar-refractivity contribution in [1.29, 1.82) is 0 Å². The van der Waals surface area contributed by atoms with Crippen LogP contribution in [-0.2, 0) is 4.79 Å². The lowest BCUT2D eigenvalue weighted by atomic mass is 10.1. The molecule has 0 N–H and O–H groups in total. The number of carbonyl (C=O) groups is 3. The Balaban J connectivity index is 1.46. The minimum atomic E-state index is -0.0349. The summed E-state index contributed by atoms with van der Waals surface area (Å²) in [6.45, 7) is 2.04. The van der Waals surface area contributed by atoms with Crippen LogP contribution in [0.1, 0.15) is 33.6 Å². The summed E-state index contributed by atoms with van der Waals surface area (Å²) in [5.74, 6) is -0.0749. The highest BCUT2D eigenvalue weighted by atomic mass is 79.9. The molecule has 1 fully saturated rings. The van der Waals surface area contributed by atoms with Crippen molar-refractivity contribution in [3.8, 4) is 0 Å². The van der Waals surface area contributed by atoms with Gasteiger partial charge in [-0.05, 0) is 24.3 Å². The molecule has 27 heavy (non-hydrogen) atoms. The molecule has 0 aliphatic carbocycles. The number of piperazine rings is 1. The van der Waals surface area contributed by atoms with Crippen molar-refractivity contribution in [2.75, 3.05) is 26.2 Å². The number of ketones is 1. The Morgan fingerprint density at radius 2 is 1.33 bits per heavy atom. The summed E-state index contributed by atoms with van der Waals surface area (Å²) >= 11 is 3.34. The number of hydrogen-bond donors (Lipinski definition) is 0. The van der Waals surface area contributed by atoms with Crippen molar-refractivity contribution in [3.05, 3.63) is 70.2 Å². The zero-order chi connectivity index (χ0) is 19.2. The standard InChI is InChI=1S/C21H21BrN2O3/c22-18-8-6-16(7-9-18)19(25)10-11-20(26)23-12-14-24(15-13-23)21(27)17-4-2-1-3-5-17/h1-9H,10-15H2. The summed E-state index contributed by atoms with van der Waals surface area (Å²) in [6.07, 6.45) is 0.394. The van der Waals surface area contributed by atoms with Crippen LogP contribution in [0.25, 0.3) is 0 Å². The van der Waals surface area contributed by atoms with E-state index in [1.807, 2.05) is 30.3 Å². The summed E-state index contributed by atoms with van der Waals surface area (Å²) in [6, 6.07) is 16.3. The average Bonchev–Trinajstić information content (AvgIpc) is 2.72. The molecule has 1 aliphatic rings. The Labute approximate surface area is 167 Å².